The lowest BCUT2D eigenvalue weighted by molar-refractivity contribution is -0.274. The van der Waals surface area contributed by atoms with Crippen LogP contribution in [0, 0.1) is 0 Å². The predicted molar refractivity (Wildman–Crippen MR) is 79.6 cm³/mol. The zero-order valence-corrected chi connectivity index (χ0v) is 13.5. The molecule has 0 spiro atoms. The van der Waals surface area contributed by atoms with Gasteiger partial charge in [-0.2, -0.15) is 0 Å². The predicted octanol–water partition coefficient (Wildman–Crippen LogP) is 4.24. The summed E-state index contributed by atoms with van der Waals surface area (Å²) >= 11 is 3.11. The summed E-state index contributed by atoms with van der Waals surface area (Å²) in [6.07, 6.45) is -3.66. The minimum atomic E-state index is -4.68. The number of rotatable bonds is 4. The summed E-state index contributed by atoms with van der Waals surface area (Å²) in [6.45, 7) is 6.28. The number of halogens is 4. The van der Waals surface area contributed by atoms with Gasteiger partial charge in [0, 0.05) is 30.9 Å². The molecule has 1 saturated heterocycles. The van der Waals surface area contributed by atoms with Crippen molar-refractivity contribution in [2.24, 2.45) is 0 Å². The molecule has 0 saturated carbocycles. The number of hydrogen-bond donors (Lipinski definition) is 1. The zero-order valence-electron chi connectivity index (χ0n) is 11.9. The Morgan fingerprint density at radius 2 is 2.10 bits per heavy atom. The van der Waals surface area contributed by atoms with Crippen LogP contribution in [0.1, 0.15) is 20.3 Å². The lowest BCUT2D eigenvalue weighted by Gasteiger charge is -2.21. The molecule has 0 bridgehead atoms. The average Bonchev–Trinajstić information content (AvgIpc) is 2.80. The number of likely N-dealkylation sites (tertiary alicyclic amines) is 1. The molecule has 7 heteroatoms. The summed E-state index contributed by atoms with van der Waals surface area (Å²) in [5.41, 5.74) is 0.784. The van der Waals surface area contributed by atoms with E-state index in [1.807, 2.05) is 0 Å². The molecule has 0 aromatic heterocycles. The van der Waals surface area contributed by atoms with Crippen LogP contribution in [0.25, 0.3) is 0 Å². The third-order valence-corrected chi connectivity index (χ3v) is 4.10. The minimum absolute atomic E-state index is 0.233. The molecule has 0 aliphatic carbocycles. The van der Waals surface area contributed by atoms with Gasteiger partial charge in [0.1, 0.15) is 5.75 Å². The molecule has 1 aliphatic rings. The first-order valence-electron chi connectivity index (χ1n) is 6.80. The van der Waals surface area contributed by atoms with Gasteiger partial charge in [-0.15, -0.1) is 13.2 Å². The maximum absolute atomic E-state index is 12.2. The van der Waals surface area contributed by atoms with E-state index in [9.17, 15) is 13.2 Å². The molecule has 1 unspecified atom stereocenters. The summed E-state index contributed by atoms with van der Waals surface area (Å²) in [7, 11) is 0. The maximum atomic E-state index is 12.2. The van der Waals surface area contributed by atoms with E-state index in [-0.39, 0.29) is 10.2 Å². The Hall–Kier alpha value is -0.950. The van der Waals surface area contributed by atoms with Crippen molar-refractivity contribution in [3.05, 3.63) is 22.7 Å². The summed E-state index contributed by atoms with van der Waals surface area (Å²) in [4.78, 5) is 2.37. The van der Waals surface area contributed by atoms with Gasteiger partial charge < -0.3 is 10.1 Å². The Morgan fingerprint density at radius 1 is 1.38 bits per heavy atom. The number of anilines is 1. The van der Waals surface area contributed by atoms with Gasteiger partial charge in [0.2, 0.25) is 0 Å². The van der Waals surface area contributed by atoms with Gasteiger partial charge in [-0.25, -0.2) is 0 Å². The van der Waals surface area contributed by atoms with Crippen LogP contribution in [0.2, 0.25) is 0 Å². The van der Waals surface area contributed by atoms with Crippen molar-refractivity contribution in [1.82, 2.24) is 4.90 Å². The normalized spacial score (nSPS) is 20.0. The van der Waals surface area contributed by atoms with Gasteiger partial charge in [-0.05, 0) is 54.4 Å². The SMILES string of the molecule is CC(C)N1CCC(Nc2ccc(OC(F)(F)F)c(Br)c2)C1. The Kier molecular flexibility index (Phi) is 5.03. The van der Waals surface area contributed by atoms with Crippen molar-refractivity contribution in [1.29, 1.82) is 0 Å². The van der Waals surface area contributed by atoms with Crippen molar-refractivity contribution in [3.63, 3.8) is 0 Å². The summed E-state index contributed by atoms with van der Waals surface area (Å²) < 4.78 is 40.8. The molecule has 1 atom stereocenters. The van der Waals surface area contributed by atoms with Crippen LogP contribution in [0.5, 0.6) is 5.75 Å². The monoisotopic (exact) mass is 366 g/mol. The van der Waals surface area contributed by atoms with Crippen LogP contribution in [-0.2, 0) is 0 Å². The first-order chi connectivity index (χ1) is 9.74. The lowest BCUT2D eigenvalue weighted by Crippen LogP contribution is -2.31. The number of alkyl halides is 3. The third-order valence-electron chi connectivity index (χ3n) is 3.48. The van der Waals surface area contributed by atoms with E-state index in [4.69, 9.17) is 0 Å². The highest BCUT2D eigenvalue weighted by atomic mass is 79.9. The summed E-state index contributed by atoms with van der Waals surface area (Å²) in [5, 5.41) is 3.35. The fourth-order valence-electron chi connectivity index (χ4n) is 2.41. The number of hydrogen-bond acceptors (Lipinski definition) is 3. The Bertz CT molecular complexity index is 494. The van der Waals surface area contributed by atoms with E-state index < -0.39 is 6.36 Å². The molecule has 1 aliphatic heterocycles. The van der Waals surface area contributed by atoms with Crippen LogP contribution in [0.3, 0.4) is 0 Å². The quantitative estimate of drug-likeness (QED) is 0.862. The van der Waals surface area contributed by atoms with Crippen molar-refractivity contribution < 1.29 is 17.9 Å². The highest BCUT2D eigenvalue weighted by molar-refractivity contribution is 9.10. The molecule has 1 aromatic rings. The van der Waals surface area contributed by atoms with Crippen LogP contribution in [0.15, 0.2) is 22.7 Å². The topological polar surface area (TPSA) is 24.5 Å². The first-order valence-corrected chi connectivity index (χ1v) is 7.60. The van der Waals surface area contributed by atoms with Gasteiger partial charge >= 0.3 is 6.36 Å². The Labute approximate surface area is 130 Å². The van der Waals surface area contributed by atoms with Crippen molar-refractivity contribution in [3.8, 4) is 5.75 Å². The molecule has 3 nitrogen and oxygen atoms in total. The Balaban J connectivity index is 1.98. The molecule has 1 heterocycles. The molecular weight excluding hydrogens is 349 g/mol. The molecule has 118 valence electrons. The van der Waals surface area contributed by atoms with E-state index in [1.165, 1.54) is 6.07 Å². The molecule has 1 aromatic carbocycles. The molecule has 21 heavy (non-hydrogen) atoms. The van der Waals surface area contributed by atoms with Gasteiger partial charge in [0.15, 0.2) is 0 Å². The first kappa shape index (κ1) is 16.4. The van der Waals surface area contributed by atoms with Crippen LogP contribution >= 0.6 is 15.9 Å². The molecule has 0 radical (unpaired) electrons. The fraction of sp³-hybridized carbons (Fsp3) is 0.571. The second-order valence-corrected chi connectivity index (χ2v) is 6.27. The lowest BCUT2D eigenvalue weighted by atomic mass is 10.2. The van der Waals surface area contributed by atoms with E-state index >= 15 is 0 Å². The molecular formula is C14H18BrF3N2O. The smallest absolute Gasteiger partial charge is 0.405 e. The average molecular weight is 367 g/mol. The van der Waals surface area contributed by atoms with Crippen molar-refractivity contribution in [2.45, 2.75) is 38.7 Å². The highest BCUT2D eigenvalue weighted by Gasteiger charge is 2.32. The molecule has 1 fully saturated rings. The van der Waals surface area contributed by atoms with Gasteiger partial charge in [-0.3, -0.25) is 4.90 Å². The van der Waals surface area contributed by atoms with Crippen LogP contribution in [-0.4, -0.2) is 36.4 Å². The van der Waals surface area contributed by atoms with E-state index in [1.54, 1.807) is 12.1 Å². The number of nitrogens with zero attached hydrogens (tertiary/aromatic N) is 1. The second-order valence-electron chi connectivity index (χ2n) is 5.41. The van der Waals surface area contributed by atoms with Gasteiger partial charge in [0.25, 0.3) is 0 Å². The fourth-order valence-corrected chi connectivity index (χ4v) is 2.87. The van der Waals surface area contributed by atoms with E-state index in [0.29, 0.717) is 12.1 Å². The Morgan fingerprint density at radius 3 is 2.62 bits per heavy atom. The number of ether oxygens (including phenoxy) is 1. The molecule has 1 N–H and O–H groups in total. The number of nitrogens with one attached hydrogen (secondary N) is 1. The van der Waals surface area contributed by atoms with Crippen LogP contribution < -0.4 is 10.1 Å². The number of benzene rings is 1. The molecule has 2 rings (SSSR count). The third kappa shape index (κ3) is 4.78. The maximum Gasteiger partial charge on any atom is 0.573 e. The van der Waals surface area contributed by atoms with Gasteiger partial charge in [0.05, 0.1) is 4.47 Å². The van der Waals surface area contributed by atoms with E-state index in [0.717, 1.165) is 25.2 Å². The second kappa shape index (κ2) is 6.44. The van der Waals surface area contributed by atoms with E-state index in [2.05, 4.69) is 44.7 Å². The largest absolute Gasteiger partial charge is 0.573 e. The highest BCUT2D eigenvalue weighted by Crippen LogP contribution is 2.33. The summed E-state index contributed by atoms with van der Waals surface area (Å²) in [6, 6.07) is 5.35. The van der Waals surface area contributed by atoms with Crippen LogP contribution in [0.4, 0.5) is 18.9 Å². The van der Waals surface area contributed by atoms with Crippen molar-refractivity contribution >= 4 is 21.6 Å². The summed E-state index contributed by atoms with van der Waals surface area (Å²) in [5.74, 6) is -0.233. The standard InChI is InChI=1S/C14H18BrF3N2O/c1-9(2)20-6-5-11(8-20)19-10-3-4-13(12(15)7-10)21-14(16,17)18/h3-4,7,9,11,19H,5-6,8H2,1-2H3. The van der Waals surface area contributed by atoms with Crippen molar-refractivity contribution in [2.75, 3.05) is 18.4 Å². The zero-order chi connectivity index (χ0) is 15.6. The minimum Gasteiger partial charge on any atom is -0.405 e. The molecule has 0 amide bonds. The van der Waals surface area contributed by atoms with Gasteiger partial charge in [-0.1, -0.05) is 0 Å².